The van der Waals surface area contributed by atoms with Crippen molar-refractivity contribution in [1.82, 2.24) is 5.32 Å². The largest absolute Gasteiger partial charge is 0.492 e. The van der Waals surface area contributed by atoms with Crippen molar-refractivity contribution in [1.29, 1.82) is 0 Å². The molecule has 0 saturated heterocycles. The monoisotopic (exact) mass is 414 g/mol. The number of carbonyl (C=O) groups excluding carboxylic acids is 2. The molecule has 2 aromatic carbocycles. The molecule has 0 aliphatic heterocycles. The van der Waals surface area contributed by atoms with Gasteiger partial charge in [0.05, 0.1) is 17.6 Å². The van der Waals surface area contributed by atoms with Gasteiger partial charge < -0.3 is 15.4 Å². The van der Waals surface area contributed by atoms with E-state index in [1.807, 2.05) is 24.3 Å². The number of benzene rings is 2. The van der Waals surface area contributed by atoms with Crippen LogP contribution in [0.5, 0.6) is 5.75 Å². The average molecular weight is 415 g/mol. The quantitative estimate of drug-likeness (QED) is 0.514. The fourth-order valence-electron chi connectivity index (χ4n) is 2.14. The fraction of sp³-hybridized carbons (Fsp3) is 0.200. The summed E-state index contributed by atoms with van der Waals surface area (Å²) >= 11 is 3.39. The van der Waals surface area contributed by atoms with Crippen LogP contribution >= 0.6 is 15.9 Å². The maximum absolute atomic E-state index is 11.9. The standard InChI is InChI=1S/C20H19BrN2O3/c1-2-15-7-5-8-16(13-15)23-20(25)14-22-19(24)11-6-12-26-18-10-4-3-9-17(18)21/h1,3-5,7-10,13H,6,11-12,14H2,(H,22,24)(H,23,25). The maximum atomic E-state index is 11.9. The third-order valence-corrected chi connectivity index (χ3v) is 4.06. The van der Waals surface area contributed by atoms with E-state index >= 15 is 0 Å². The van der Waals surface area contributed by atoms with Gasteiger partial charge in [-0.3, -0.25) is 9.59 Å². The number of para-hydroxylation sites is 1. The molecule has 2 amide bonds. The smallest absolute Gasteiger partial charge is 0.243 e. The van der Waals surface area contributed by atoms with Gasteiger partial charge in [-0.15, -0.1) is 6.42 Å². The van der Waals surface area contributed by atoms with E-state index in [0.29, 0.717) is 24.3 Å². The Kier molecular flexibility index (Phi) is 7.72. The van der Waals surface area contributed by atoms with Gasteiger partial charge in [0.1, 0.15) is 5.75 Å². The van der Waals surface area contributed by atoms with Gasteiger partial charge >= 0.3 is 0 Å². The minimum absolute atomic E-state index is 0.0931. The van der Waals surface area contributed by atoms with Gasteiger partial charge in [0, 0.05) is 17.7 Å². The highest BCUT2D eigenvalue weighted by molar-refractivity contribution is 9.10. The molecule has 134 valence electrons. The van der Waals surface area contributed by atoms with Crippen molar-refractivity contribution in [3.05, 3.63) is 58.6 Å². The van der Waals surface area contributed by atoms with Crippen molar-refractivity contribution in [2.45, 2.75) is 12.8 Å². The summed E-state index contributed by atoms with van der Waals surface area (Å²) in [5.41, 5.74) is 1.28. The molecule has 0 aliphatic rings. The SMILES string of the molecule is C#Cc1cccc(NC(=O)CNC(=O)CCCOc2ccccc2Br)c1. The molecule has 0 spiro atoms. The van der Waals surface area contributed by atoms with Crippen molar-refractivity contribution in [2.24, 2.45) is 0 Å². The van der Waals surface area contributed by atoms with Crippen molar-refractivity contribution < 1.29 is 14.3 Å². The van der Waals surface area contributed by atoms with Crippen LogP contribution in [0, 0.1) is 12.3 Å². The van der Waals surface area contributed by atoms with Crippen LogP contribution in [0.1, 0.15) is 18.4 Å². The highest BCUT2D eigenvalue weighted by Crippen LogP contribution is 2.23. The van der Waals surface area contributed by atoms with Gasteiger partial charge in [-0.05, 0) is 52.7 Å². The highest BCUT2D eigenvalue weighted by atomic mass is 79.9. The molecule has 0 bridgehead atoms. The molecule has 0 aliphatic carbocycles. The molecule has 0 radical (unpaired) electrons. The first-order valence-electron chi connectivity index (χ1n) is 8.09. The van der Waals surface area contributed by atoms with Crippen LogP contribution < -0.4 is 15.4 Å². The van der Waals surface area contributed by atoms with Crippen LogP contribution in [0.25, 0.3) is 0 Å². The zero-order valence-corrected chi connectivity index (χ0v) is 15.7. The topological polar surface area (TPSA) is 67.4 Å². The molecule has 0 aromatic heterocycles. The summed E-state index contributed by atoms with van der Waals surface area (Å²) in [6.07, 6.45) is 6.16. The minimum Gasteiger partial charge on any atom is -0.492 e. The van der Waals surface area contributed by atoms with Gasteiger partial charge in [0.15, 0.2) is 0 Å². The second-order valence-corrected chi connectivity index (χ2v) is 6.29. The zero-order valence-electron chi connectivity index (χ0n) is 14.1. The lowest BCUT2D eigenvalue weighted by Crippen LogP contribution is -2.32. The van der Waals surface area contributed by atoms with Gasteiger partial charge in [0.2, 0.25) is 11.8 Å². The number of ether oxygens (including phenoxy) is 1. The summed E-state index contributed by atoms with van der Waals surface area (Å²) in [6, 6.07) is 14.5. The lowest BCUT2D eigenvalue weighted by Gasteiger charge is -2.09. The van der Waals surface area contributed by atoms with E-state index in [9.17, 15) is 9.59 Å². The number of halogens is 1. The van der Waals surface area contributed by atoms with Crippen molar-refractivity contribution >= 4 is 33.4 Å². The first-order valence-corrected chi connectivity index (χ1v) is 8.88. The third kappa shape index (κ3) is 6.61. The van der Waals surface area contributed by atoms with E-state index in [1.165, 1.54) is 0 Å². The Morgan fingerprint density at radius 1 is 1.12 bits per heavy atom. The summed E-state index contributed by atoms with van der Waals surface area (Å²) in [5.74, 6) is 2.73. The maximum Gasteiger partial charge on any atom is 0.243 e. The van der Waals surface area contributed by atoms with Crippen molar-refractivity contribution in [2.75, 3.05) is 18.5 Å². The average Bonchev–Trinajstić information content (AvgIpc) is 2.65. The molecule has 0 fully saturated rings. The Labute approximate surface area is 161 Å². The van der Waals surface area contributed by atoms with Gasteiger partial charge in [0.25, 0.3) is 0 Å². The van der Waals surface area contributed by atoms with Crippen LogP contribution in [0.15, 0.2) is 53.0 Å². The predicted molar refractivity (Wildman–Crippen MR) is 105 cm³/mol. The normalized spacial score (nSPS) is 9.85. The number of hydrogen-bond donors (Lipinski definition) is 2. The number of rotatable bonds is 8. The Morgan fingerprint density at radius 2 is 1.92 bits per heavy atom. The summed E-state index contributed by atoms with van der Waals surface area (Å²) < 4.78 is 6.46. The third-order valence-electron chi connectivity index (χ3n) is 3.40. The molecule has 0 heterocycles. The van der Waals surface area contributed by atoms with Crippen LogP contribution in [0.3, 0.4) is 0 Å². The van der Waals surface area contributed by atoms with E-state index in [1.54, 1.807) is 24.3 Å². The molecule has 0 atom stereocenters. The van der Waals surface area contributed by atoms with Crippen LogP contribution in [-0.4, -0.2) is 25.0 Å². The molecular weight excluding hydrogens is 396 g/mol. The molecule has 0 saturated carbocycles. The van der Waals surface area contributed by atoms with E-state index in [2.05, 4.69) is 32.5 Å². The van der Waals surface area contributed by atoms with E-state index < -0.39 is 0 Å². The number of terminal acetylenes is 1. The Bertz CT molecular complexity index is 815. The molecule has 0 unspecified atom stereocenters. The molecule has 26 heavy (non-hydrogen) atoms. The van der Waals surface area contributed by atoms with Crippen LogP contribution in [-0.2, 0) is 9.59 Å². The van der Waals surface area contributed by atoms with Crippen molar-refractivity contribution in [3.63, 3.8) is 0 Å². The predicted octanol–water partition coefficient (Wildman–Crippen LogP) is 3.34. The van der Waals surface area contributed by atoms with E-state index in [0.717, 1.165) is 10.2 Å². The first-order chi connectivity index (χ1) is 12.6. The zero-order chi connectivity index (χ0) is 18.8. The highest BCUT2D eigenvalue weighted by Gasteiger charge is 2.07. The molecular formula is C20H19BrN2O3. The summed E-state index contributed by atoms with van der Waals surface area (Å²) in [7, 11) is 0. The van der Waals surface area contributed by atoms with Gasteiger partial charge in [-0.2, -0.15) is 0 Å². The number of nitrogens with one attached hydrogen (secondary N) is 2. The molecule has 5 nitrogen and oxygen atoms in total. The number of hydrogen-bond acceptors (Lipinski definition) is 3. The molecule has 2 aromatic rings. The summed E-state index contributed by atoms with van der Waals surface area (Å²) in [6.45, 7) is 0.325. The van der Waals surface area contributed by atoms with E-state index in [4.69, 9.17) is 11.2 Å². The second kappa shape index (κ2) is 10.3. The minimum atomic E-state index is -0.308. The fourth-order valence-corrected chi connectivity index (χ4v) is 2.54. The van der Waals surface area contributed by atoms with Crippen LogP contribution in [0.2, 0.25) is 0 Å². The summed E-state index contributed by atoms with van der Waals surface area (Å²) in [5, 5.41) is 5.27. The van der Waals surface area contributed by atoms with Crippen LogP contribution in [0.4, 0.5) is 5.69 Å². The summed E-state index contributed by atoms with van der Waals surface area (Å²) in [4.78, 5) is 23.7. The van der Waals surface area contributed by atoms with E-state index in [-0.39, 0.29) is 24.8 Å². The van der Waals surface area contributed by atoms with Gasteiger partial charge in [-0.1, -0.05) is 24.1 Å². The number of carbonyl (C=O) groups is 2. The number of anilines is 1. The lowest BCUT2D eigenvalue weighted by molar-refractivity contribution is -0.124. The first kappa shape index (κ1) is 19.5. The Morgan fingerprint density at radius 3 is 2.69 bits per heavy atom. The van der Waals surface area contributed by atoms with Gasteiger partial charge in [-0.25, -0.2) is 0 Å². The Balaban J connectivity index is 1.64. The number of amides is 2. The molecule has 6 heteroatoms. The second-order valence-electron chi connectivity index (χ2n) is 5.43. The lowest BCUT2D eigenvalue weighted by atomic mass is 10.2. The Hall–Kier alpha value is -2.78. The molecule has 2 N–H and O–H groups in total. The van der Waals surface area contributed by atoms with Crippen molar-refractivity contribution in [3.8, 4) is 18.1 Å². The molecule has 2 rings (SSSR count).